The predicted molar refractivity (Wildman–Crippen MR) is 155 cm³/mol. The highest BCUT2D eigenvalue weighted by molar-refractivity contribution is 5.70. The first kappa shape index (κ1) is 32.2. The van der Waals surface area contributed by atoms with Crippen LogP contribution in [0.2, 0.25) is 0 Å². The first-order valence-electron chi connectivity index (χ1n) is 13.9. The number of carbonyl (C=O) groups is 2. The summed E-state index contributed by atoms with van der Waals surface area (Å²) in [5, 5.41) is 21.3. The molecule has 2 aromatic rings. The molecule has 39 heavy (non-hydrogen) atoms. The van der Waals surface area contributed by atoms with Crippen molar-refractivity contribution in [2.24, 2.45) is 0 Å². The van der Waals surface area contributed by atoms with E-state index in [-0.39, 0.29) is 60.3 Å². The molecule has 0 bridgehead atoms. The third-order valence-corrected chi connectivity index (χ3v) is 7.43. The zero-order valence-electron chi connectivity index (χ0n) is 25.6. The minimum Gasteiger partial charge on any atom is -0.507 e. The highest BCUT2D eigenvalue weighted by Crippen LogP contribution is 2.37. The fraction of sp³-hybridized carbons (Fsp3) is 0.576. The molecule has 216 valence electrons. The third-order valence-electron chi connectivity index (χ3n) is 7.43. The van der Waals surface area contributed by atoms with Crippen LogP contribution in [0.1, 0.15) is 118 Å². The van der Waals surface area contributed by atoms with Crippen LogP contribution in [0.15, 0.2) is 12.1 Å². The number of hydrogen-bond donors (Lipinski definition) is 2. The highest BCUT2D eigenvalue weighted by Gasteiger charge is 2.24. The van der Waals surface area contributed by atoms with Crippen molar-refractivity contribution < 1.29 is 29.3 Å². The summed E-state index contributed by atoms with van der Waals surface area (Å²) in [5.41, 5.74) is 6.56. The average Bonchev–Trinajstić information content (AvgIpc) is 2.81. The largest absolute Gasteiger partial charge is 0.507 e. The van der Waals surface area contributed by atoms with E-state index in [0.717, 1.165) is 44.5 Å². The van der Waals surface area contributed by atoms with Crippen LogP contribution >= 0.6 is 0 Å². The van der Waals surface area contributed by atoms with Crippen molar-refractivity contribution in [3.8, 4) is 11.5 Å². The fourth-order valence-electron chi connectivity index (χ4n) is 4.78. The molecule has 2 aromatic carbocycles. The summed E-state index contributed by atoms with van der Waals surface area (Å²) in [6.07, 6.45) is 2.51. The van der Waals surface area contributed by atoms with Crippen LogP contribution in [0.25, 0.3) is 0 Å². The van der Waals surface area contributed by atoms with Gasteiger partial charge in [0.15, 0.2) is 0 Å². The molecule has 0 aliphatic rings. The average molecular weight is 541 g/mol. The Morgan fingerprint density at radius 1 is 0.641 bits per heavy atom. The van der Waals surface area contributed by atoms with Gasteiger partial charge in [-0.2, -0.15) is 0 Å². The summed E-state index contributed by atoms with van der Waals surface area (Å²) in [7, 11) is 0. The smallest absolute Gasteiger partial charge is 0.306 e. The Labute approximate surface area is 234 Å². The van der Waals surface area contributed by atoms with E-state index in [2.05, 4.69) is 41.5 Å². The second-order valence-corrected chi connectivity index (χ2v) is 12.8. The quantitative estimate of drug-likeness (QED) is 0.237. The van der Waals surface area contributed by atoms with E-state index in [1.54, 1.807) is 0 Å². The van der Waals surface area contributed by atoms with Gasteiger partial charge in [-0.25, -0.2) is 0 Å². The van der Waals surface area contributed by atoms with Crippen molar-refractivity contribution in [2.45, 2.75) is 125 Å². The summed E-state index contributed by atoms with van der Waals surface area (Å²) in [6.45, 7) is 20.2. The van der Waals surface area contributed by atoms with E-state index < -0.39 is 0 Å². The van der Waals surface area contributed by atoms with Crippen molar-refractivity contribution in [1.82, 2.24) is 0 Å². The number of aromatic hydroxyl groups is 2. The van der Waals surface area contributed by atoms with Gasteiger partial charge in [0, 0.05) is 12.8 Å². The first-order chi connectivity index (χ1) is 17.9. The lowest BCUT2D eigenvalue weighted by Gasteiger charge is -2.24. The molecule has 0 saturated carbocycles. The minimum atomic E-state index is -0.291. The molecule has 0 atom stereocenters. The topological polar surface area (TPSA) is 93.1 Å². The summed E-state index contributed by atoms with van der Waals surface area (Å²) < 4.78 is 11.0. The maximum absolute atomic E-state index is 12.3. The monoisotopic (exact) mass is 540 g/mol. The van der Waals surface area contributed by atoms with Gasteiger partial charge in [-0.15, -0.1) is 0 Å². The number of phenols is 2. The van der Waals surface area contributed by atoms with Crippen LogP contribution in [0, 0.1) is 27.7 Å². The number of phenolic OH excluding ortho intramolecular Hbond substituents is 2. The van der Waals surface area contributed by atoms with Crippen LogP contribution in [-0.2, 0) is 43.1 Å². The Kier molecular flexibility index (Phi) is 10.6. The van der Waals surface area contributed by atoms with E-state index in [1.807, 2.05) is 39.8 Å². The summed E-state index contributed by atoms with van der Waals surface area (Å²) in [6, 6.07) is 3.94. The molecule has 6 nitrogen and oxygen atoms in total. The Morgan fingerprint density at radius 2 is 0.974 bits per heavy atom. The maximum atomic E-state index is 12.3. The van der Waals surface area contributed by atoms with Crippen LogP contribution < -0.4 is 0 Å². The molecule has 0 saturated heterocycles. The van der Waals surface area contributed by atoms with Gasteiger partial charge in [0.1, 0.15) is 24.7 Å². The summed E-state index contributed by atoms with van der Waals surface area (Å²) >= 11 is 0. The van der Waals surface area contributed by atoms with Crippen LogP contribution in [0.4, 0.5) is 0 Å². The fourth-order valence-corrected chi connectivity index (χ4v) is 4.78. The number of esters is 2. The van der Waals surface area contributed by atoms with Gasteiger partial charge >= 0.3 is 11.9 Å². The van der Waals surface area contributed by atoms with Crippen molar-refractivity contribution in [2.75, 3.05) is 0 Å². The number of carbonyl (C=O) groups excluding carboxylic acids is 2. The second-order valence-electron chi connectivity index (χ2n) is 12.8. The van der Waals surface area contributed by atoms with E-state index in [1.165, 1.54) is 0 Å². The molecule has 2 N–H and O–H groups in total. The number of rotatable bonds is 10. The normalized spacial score (nSPS) is 11.9. The number of ether oxygens (including phenoxy) is 2. The van der Waals surface area contributed by atoms with E-state index in [9.17, 15) is 19.8 Å². The SMILES string of the molecule is Cc1cc(C(C)(C)C)c(O)c(C)c1COC(=O)CCCCCC(=O)OCc1c(C)cc(C(C)(C)C)c(O)c1C. The van der Waals surface area contributed by atoms with E-state index >= 15 is 0 Å². The molecule has 0 fully saturated rings. The standard InChI is InChI=1S/C33H48O6/c1-20-16-26(32(5,6)7)30(36)22(3)24(20)18-38-28(34)14-12-11-13-15-29(35)39-19-25-21(2)17-27(33(8,9)10)31(37)23(25)4/h16-17,36-37H,11-15,18-19H2,1-10H3. The molecule has 0 aliphatic carbocycles. The maximum Gasteiger partial charge on any atom is 0.306 e. The van der Waals surface area contributed by atoms with Crippen LogP contribution in [0.3, 0.4) is 0 Å². The van der Waals surface area contributed by atoms with Gasteiger partial charge in [-0.3, -0.25) is 9.59 Å². The van der Waals surface area contributed by atoms with E-state index in [4.69, 9.17) is 9.47 Å². The molecule has 0 spiro atoms. The van der Waals surface area contributed by atoms with Crippen molar-refractivity contribution >= 4 is 11.9 Å². The summed E-state index contributed by atoms with van der Waals surface area (Å²) in [4.78, 5) is 24.6. The van der Waals surface area contributed by atoms with Gasteiger partial charge in [-0.1, -0.05) is 60.1 Å². The Balaban J connectivity index is 1.77. The van der Waals surface area contributed by atoms with E-state index in [0.29, 0.717) is 19.3 Å². The molecule has 0 aliphatic heterocycles. The van der Waals surface area contributed by atoms with Gasteiger partial charge < -0.3 is 19.7 Å². The van der Waals surface area contributed by atoms with Crippen molar-refractivity contribution in [1.29, 1.82) is 0 Å². The zero-order chi connectivity index (χ0) is 29.7. The molecule has 0 heterocycles. The second kappa shape index (κ2) is 12.9. The molecule has 2 rings (SSSR count). The van der Waals surface area contributed by atoms with Crippen LogP contribution in [0.5, 0.6) is 11.5 Å². The Hall–Kier alpha value is -3.02. The zero-order valence-corrected chi connectivity index (χ0v) is 25.6. The predicted octanol–water partition coefficient (Wildman–Crippen LogP) is 7.66. The molecule has 6 heteroatoms. The molecule has 0 aromatic heterocycles. The molecule has 0 amide bonds. The number of aryl methyl sites for hydroxylation is 2. The van der Waals surface area contributed by atoms with Gasteiger partial charge in [0.2, 0.25) is 0 Å². The summed E-state index contributed by atoms with van der Waals surface area (Å²) in [5.74, 6) is -0.0642. The molecular weight excluding hydrogens is 492 g/mol. The minimum absolute atomic E-state index is 0.131. The lowest BCUT2D eigenvalue weighted by Crippen LogP contribution is -2.14. The van der Waals surface area contributed by atoms with Crippen molar-refractivity contribution in [3.05, 3.63) is 56.6 Å². The highest BCUT2D eigenvalue weighted by atomic mass is 16.5. The van der Waals surface area contributed by atoms with Crippen molar-refractivity contribution in [3.63, 3.8) is 0 Å². The first-order valence-corrected chi connectivity index (χ1v) is 13.9. The lowest BCUT2D eigenvalue weighted by atomic mass is 9.83. The lowest BCUT2D eigenvalue weighted by molar-refractivity contribution is -0.145. The molecule has 0 unspecified atom stereocenters. The molecule has 0 radical (unpaired) electrons. The third kappa shape index (κ3) is 8.48. The number of benzene rings is 2. The Bertz CT molecular complexity index is 1100. The Morgan fingerprint density at radius 3 is 1.28 bits per heavy atom. The van der Waals surface area contributed by atoms with Gasteiger partial charge in [-0.05, 0) is 95.9 Å². The number of hydrogen-bond acceptors (Lipinski definition) is 6. The molecular formula is C33H48O6. The van der Waals surface area contributed by atoms with Crippen LogP contribution in [-0.4, -0.2) is 22.2 Å². The number of unbranched alkanes of at least 4 members (excludes halogenated alkanes) is 2. The van der Waals surface area contributed by atoms with Gasteiger partial charge in [0.25, 0.3) is 0 Å². The van der Waals surface area contributed by atoms with Gasteiger partial charge in [0.05, 0.1) is 0 Å².